The standard InChI is InChI=1S/C32H34F6N2O3/c1-17(2)25-10-9-23(24-15-20(30(4,5)6)8-11-27(24)42-7)26(39-25)16-40-18(3)28(43-29(40)41)19-12-21(31(33,34)35)14-22(13-19)32(36,37)38/h8-15,17-18,28H,16H2,1-7H3/t18-,28-/m0/s1. The van der Waals surface area contributed by atoms with Crippen molar-refractivity contribution in [3.8, 4) is 16.9 Å². The number of halogens is 6. The lowest BCUT2D eigenvalue weighted by Crippen LogP contribution is -2.32. The van der Waals surface area contributed by atoms with Crippen molar-refractivity contribution in [3.63, 3.8) is 0 Å². The molecule has 0 bridgehead atoms. The summed E-state index contributed by atoms with van der Waals surface area (Å²) in [5.74, 6) is 0.615. The number of alkyl halides is 6. The maximum absolute atomic E-state index is 13.5. The smallest absolute Gasteiger partial charge is 0.416 e. The summed E-state index contributed by atoms with van der Waals surface area (Å²) in [5, 5.41) is 0. The molecule has 1 aliphatic heterocycles. The third-order valence-corrected chi connectivity index (χ3v) is 7.59. The van der Waals surface area contributed by atoms with E-state index in [0.717, 1.165) is 16.8 Å². The molecule has 0 radical (unpaired) electrons. The van der Waals surface area contributed by atoms with E-state index in [9.17, 15) is 31.1 Å². The first kappa shape index (κ1) is 32.2. The molecule has 1 amide bonds. The fraction of sp³-hybridized carbons (Fsp3) is 0.438. The normalized spacial score (nSPS) is 17.9. The van der Waals surface area contributed by atoms with Crippen molar-refractivity contribution in [2.24, 2.45) is 0 Å². The molecule has 2 aromatic carbocycles. The second kappa shape index (κ2) is 11.4. The van der Waals surface area contributed by atoms with Gasteiger partial charge in [0.25, 0.3) is 0 Å². The van der Waals surface area contributed by atoms with Gasteiger partial charge >= 0.3 is 18.4 Å². The zero-order valence-electron chi connectivity index (χ0n) is 24.9. The molecule has 232 valence electrons. The van der Waals surface area contributed by atoms with Crippen molar-refractivity contribution in [2.45, 2.75) is 83.9 Å². The molecule has 1 aliphatic rings. The predicted molar refractivity (Wildman–Crippen MR) is 150 cm³/mol. The number of amides is 1. The third-order valence-electron chi connectivity index (χ3n) is 7.59. The van der Waals surface area contributed by atoms with Crippen LogP contribution in [0.4, 0.5) is 31.1 Å². The summed E-state index contributed by atoms with van der Waals surface area (Å²) in [4.78, 5) is 19.2. The first-order valence-corrected chi connectivity index (χ1v) is 13.8. The van der Waals surface area contributed by atoms with Crippen molar-refractivity contribution >= 4 is 6.09 Å². The van der Waals surface area contributed by atoms with Crippen molar-refractivity contribution in [1.29, 1.82) is 0 Å². The predicted octanol–water partition coefficient (Wildman–Crippen LogP) is 9.30. The van der Waals surface area contributed by atoms with Crippen LogP contribution < -0.4 is 4.74 Å². The number of carbonyl (C=O) groups excluding carboxylic acids is 1. The Hall–Kier alpha value is -3.76. The van der Waals surface area contributed by atoms with Gasteiger partial charge in [0.1, 0.15) is 11.9 Å². The van der Waals surface area contributed by atoms with E-state index in [4.69, 9.17) is 14.5 Å². The van der Waals surface area contributed by atoms with Crippen LogP contribution in [0.2, 0.25) is 0 Å². The van der Waals surface area contributed by atoms with Crippen LogP contribution in [0.25, 0.3) is 11.1 Å². The van der Waals surface area contributed by atoms with Crippen LogP contribution in [0.3, 0.4) is 0 Å². The number of ether oxygens (including phenoxy) is 2. The van der Waals surface area contributed by atoms with E-state index in [1.165, 1.54) is 11.8 Å². The van der Waals surface area contributed by atoms with E-state index < -0.39 is 47.3 Å². The summed E-state index contributed by atoms with van der Waals surface area (Å²) in [6.07, 6.45) is -12.3. The highest BCUT2D eigenvalue weighted by Gasteiger charge is 2.43. The lowest BCUT2D eigenvalue weighted by molar-refractivity contribution is -0.143. The van der Waals surface area contributed by atoms with Gasteiger partial charge in [0, 0.05) is 16.8 Å². The van der Waals surface area contributed by atoms with Gasteiger partial charge < -0.3 is 9.47 Å². The minimum Gasteiger partial charge on any atom is -0.496 e. The highest BCUT2D eigenvalue weighted by molar-refractivity contribution is 5.75. The Kier molecular flexibility index (Phi) is 8.52. The molecule has 0 saturated carbocycles. The van der Waals surface area contributed by atoms with Gasteiger partial charge in [-0.3, -0.25) is 9.88 Å². The molecule has 1 saturated heterocycles. The molecule has 0 spiro atoms. The first-order valence-electron chi connectivity index (χ1n) is 13.8. The SMILES string of the molecule is COc1ccc(C(C)(C)C)cc1-c1ccc(C(C)C)nc1CN1C(=O)O[C@H](c2cc(C(F)(F)F)cc(C(F)(F)F)c2)[C@@H]1C. The summed E-state index contributed by atoms with van der Waals surface area (Å²) < 4.78 is 92.2. The Morgan fingerprint density at radius 1 is 0.884 bits per heavy atom. The van der Waals surface area contributed by atoms with Gasteiger partial charge in [-0.25, -0.2) is 4.79 Å². The number of pyridine rings is 1. The second-order valence-electron chi connectivity index (χ2n) is 12.1. The molecule has 11 heteroatoms. The molecule has 4 rings (SSSR count). The number of methoxy groups -OCH3 is 1. The van der Waals surface area contributed by atoms with Crippen LogP contribution in [0.15, 0.2) is 48.5 Å². The fourth-order valence-corrected chi connectivity index (χ4v) is 5.05. The van der Waals surface area contributed by atoms with Crippen LogP contribution >= 0.6 is 0 Å². The van der Waals surface area contributed by atoms with Gasteiger partial charge in [-0.2, -0.15) is 26.3 Å². The zero-order chi connectivity index (χ0) is 32.1. The average Bonchev–Trinajstić information content (AvgIpc) is 3.19. The molecule has 0 unspecified atom stereocenters. The number of benzene rings is 2. The fourth-order valence-electron chi connectivity index (χ4n) is 5.05. The summed E-state index contributed by atoms with van der Waals surface area (Å²) in [7, 11) is 1.54. The minimum atomic E-state index is -5.03. The van der Waals surface area contributed by atoms with E-state index in [-0.39, 0.29) is 23.9 Å². The van der Waals surface area contributed by atoms with Gasteiger partial charge in [-0.05, 0) is 65.8 Å². The van der Waals surface area contributed by atoms with Gasteiger partial charge in [0.05, 0.1) is 36.5 Å². The summed E-state index contributed by atoms with van der Waals surface area (Å²) in [6, 6.07) is 9.91. The Labute approximate surface area is 246 Å². The quantitative estimate of drug-likeness (QED) is 0.262. The molecule has 2 atom stereocenters. The van der Waals surface area contributed by atoms with Crippen LogP contribution in [0.1, 0.15) is 87.2 Å². The molecule has 5 nitrogen and oxygen atoms in total. The highest BCUT2D eigenvalue weighted by atomic mass is 19.4. The summed E-state index contributed by atoms with van der Waals surface area (Å²) >= 11 is 0. The van der Waals surface area contributed by atoms with E-state index in [1.54, 1.807) is 7.11 Å². The van der Waals surface area contributed by atoms with E-state index in [0.29, 0.717) is 29.1 Å². The number of hydrogen-bond donors (Lipinski definition) is 0. The molecule has 1 fully saturated rings. The van der Waals surface area contributed by atoms with Crippen LogP contribution in [0.5, 0.6) is 5.75 Å². The molecule has 0 aliphatic carbocycles. The van der Waals surface area contributed by atoms with E-state index >= 15 is 0 Å². The van der Waals surface area contributed by atoms with Gasteiger partial charge in [0.15, 0.2) is 0 Å². The first-order chi connectivity index (χ1) is 19.8. The molecule has 43 heavy (non-hydrogen) atoms. The van der Waals surface area contributed by atoms with Crippen LogP contribution in [0, 0.1) is 0 Å². The van der Waals surface area contributed by atoms with E-state index in [1.807, 2.05) is 44.2 Å². The summed E-state index contributed by atoms with van der Waals surface area (Å²) in [5.41, 5.74) is 0.139. The number of rotatable bonds is 6. The number of cyclic esters (lactones) is 1. The minimum absolute atomic E-state index is 0.0391. The van der Waals surface area contributed by atoms with Gasteiger partial charge in [-0.1, -0.05) is 46.8 Å². The molecular formula is C32H34F6N2O3. The average molecular weight is 609 g/mol. The van der Waals surface area contributed by atoms with Gasteiger partial charge in [-0.15, -0.1) is 0 Å². The Bertz CT molecular complexity index is 1480. The van der Waals surface area contributed by atoms with Crippen molar-refractivity contribution in [2.75, 3.05) is 7.11 Å². The lowest BCUT2D eigenvalue weighted by Gasteiger charge is -2.25. The number of nitrogens with zero attached hydrogens (tertiary/aromatic N) is 2. The number of hydrogen-bond acceptors (Lipinski definition) is 4. The molecule has 2 heterocycles. The second-order valence-corrected chi connectivity index (χ2v) is 12.1. The Balaban J connectivity index is 1.79. The van der Waals surface area contributed by atoms with E-state index in [2.05, 4.69) is 20.8 Å². The summed E-state index contributed by atoms with van der Waals surface area (Å²) in [6.45, 7) is 11.6. The number of carbonyl (C=O) groups is 1. The van der Waals surface area contributed by atoms with Crippen molar-refractivity contribution in [3.05, 3.63) is 82.2 Å². The maximum atomic E-state index is 13.5. The topological polar surface area (TPSA) is 51.7 Å². The van der Waals surface area contributed by atoms with Crippen LogP contribution in [-0.2, 0) is 29.0 Å². The Morgan fingerprint density at radius 3 is 2.00 bits per heavy atom. The molecule has 3 aromatic rings. The largest absolute Gasteiger partial charge is 0.496 e. The maximum Gasteiger partial charge on any atom is 0.416 e. The monoisotopic (exact) mass is 608 g/mol. The van der Waals surface area contributed by atoms with Crippen LogP contribution in [-0.4, -0.2) is 29.1 Å². The highest BCUT2D eigenvalue weighted by Crippen LogP contribution is 2.42. The Morgan fingerprint density at radius 2 is 1.49 bits per heavy atom. The third kappa shape index (κ3) is 6.75. The molecule has 0 N–H and O–H groups in total. The number of aromatic nitrogens is 1. The van der Waals surface area contributed by atoms with Crippen molar-refractivity contribution in [1.82, 2.24) is 9.88 Å². The van der Waals surface area contributed by atoms with Crippen molar-refractivity contribution < 1.29 is 40.6 Å². The molecular weight excluding hydrogens is 574 g/mol. The zero-order valence-corrected chi connectivity index (χ0v) is 24.9. The van der Waals surface area contributed by atoms with Gasteiger partial charge in [0.2, 0.25) is 0 Å². The molecule has 1 aromatic heterocycles. The lowest BCUT2D eigenvalue weighted by atomic mass is 9.85.